The number of benzene rings is 1. The number of nitrogens with zero attached hydrogens (tertiary/aromatic N) is 2. The molecular formula is C18H12N2O4SSe2. The number of hydrogen-bond acceptors (Lipinski definition) is 7. The Morgan fingerprint density at radius 2 is 1.19 bits per heavy atom. The molecule has 0 bridgehead atoms. The normalized spacial score (nSPS) is 15.3. The number of fused-ring (bicyclic) bond motifs is 3. The summed E-state index contributed by atoms with van der Waals surface area (Å²) in [6, 6.07) is 4.28. The van der Waals surface area contributed by atoms with Gasteiger partial charge < -0.3 is 0 Å². The second kappa shape index (κ2) is 6.40. The van der Waals surface area contributed by atoms with Crippen molar-refractivity contribution in [1.82, 2.24) is 8.75 Å². The van der Waals surface area contributed by atoms with Crippen LogP contribution in [0.25, 0.3) is 31.0 Å². The van der Waals surface area contributed by atoms with E-state index in [-0.39, 0.29) is 29.0 Å². The number of ether oxygens (including phenoxy) is 4. The van der Waals surface area contributed by atoms with E-state index in [2.05, 4.69) is 30.8 Å². The van der Waals surface area contributed by atoms with Crippen LogP contribution in [0.3, 0.4) is 0 Å². The Bertz CT molecular complexity index is 1080. The van der Waals surface area contributed by atoms with Gasteiger partial charge in [-0.15, -0.1) is 0 Å². The molecule has 9 heteroatoms. The zero-order valence-electron chi connectivity index (χ0n) is 13.9. The van der Waals surface area contributed by atoms with Crippen molar-refractivity contribution in [3.05, 3.63) is 22.0 Å². The van der Waals surface area contributed by atoms with Crippen molar-refractivity contribution in [1.29, 1.82) is 0 Å². The van der Waals surface area contributed by atoms with Crippen LogP contribution in [0.4, 0.5) is 0 Å². The third-order valence-electron chi connectivity index (χ3n) is 4.51. The summed E-state index contributed by atoms with van der Waals surface area (Å²) < 4.78 is 34.9. The van der Waals surface area contributed by atoms with Gasteiger partial charge in [0.05, 0.1) is 0 Å². The Labute approximate surface area is 170 Å². The fraction of sp³-hybridized carbons (Fsp3) is 0.222. The average Bonchev–Trinajstić information content (AvgIpc) is 3.45. The van der Waals surface area contributed by atoms with Gasteiger partial charge in [0.15, 0.2) is 0 Å². The molecule has 0 amide bonds. The van der Waals surface area contributed by atoms with E-state index in [1.807, 2.05) is 0 Å². The summed E-state index contributed by atoms with van der Waals surface area (Å²) in [5.74, 6) is 3.51. The maximum absolute atomic E-state index is 5.90. The van der Waals surface area contributed by atoms with Gasteiger partial charge in [0.25, 0.3) is 0 Å². The summed E-state index contributed by atoms with van der Waals surface area (Å²) in [6.07, 6.45) is 0. The molecule has 0 saturated carbocycles. The van der Waals surface area contributed by atoms with E-state index in [1.165, 1.54) is 20.6 Å². The average molecular weight is 510 g/mol. The molecule has 0 saturated heterocycles. The first-order valence-corrected chi connectivity index (χ1v) is 12.8. The van der Waals surface area contributed by atoms with E-state index in [0.29, 0.717) is 26.4 Å². The number of aromatic nitrogens is 2. The van der Waals surface area contributed by atoms with Gasteiger partial charge in [-0.1, -0.05) is 0 Å². The van der Waals surface area contributed by atoms with Crippen LogP contribution in [0, 0.1) is 0 Å². The zero-order valence-corrected chi connectivity index (χ0v) is 18.1. The first-order chi connectivity index (χ1) is 13.4. The van der Waals surface area contributed by atoms with Crippen LogP contribution in [-0.4, -0.2) is 64.2 Å². The Kier molecular flexibility index (Phi) is 3.84. The molecule has 2 aliphatic rings. The topological polar surface area (TPSA) is 62.7 Å². The number of rotatable bonds is 2. The summed E-state index contributed by atoms with van der Waals surface area (Å²) in [5, 5.41) is 0. The molecule has 5 heterocycles. The van der Waals surface area contributed by atoms with Crippen LogP contribution >= 0.6 is 11.7 Å². The van der Waals surface area contributed by atoms with Crippen molar-refractivity contribution in [3.63, 3.8) is 0 Å². The standard InChI is InChI=1S/C18H12N2O4SSe2/c1-2-10(18-16-12(8-27-18)22-4-6-24-16)14-13(19-25-20-14)9(1)17-15-11(7-26-17)21-3-5-23-15/h1-2,7-8H,3-6H2. The monoisotopic (exact) mass is 512 g/mol. The van der Waals surface area contributed by atoms with Gasteiger partial charge in [0.1, 0.15) is 0 Å². The molecule has 6 nitrogen and oxygen atoms in total. The Morgan fingerprint density at radius 1 is 0.704 bits per heavy atom. The fourth-order valence-electron chi connectivity index (χ4n) is 3.33. The molecule has 3 aromatic heterocycles. The SMILES string of the molecule is c1[se]c(-c2ccc(-c3[se]cc4c3OCCO4)c3nsnc23)c2c1OCCO2. The molecule has 0 radical (unpaired) electrons. The van der Waals surface area contributed by atoms with E-state index in [0.717, 1.165) is 45.2 Å². The molecule has 0 unspecified atom stereocenters. The third-order valence-corrected chi connectivity index (χ3v) is 9.12. The van der Waals surface area contributed by atoms with Gasteiger partial charge in [-0.2, -0.15) is 0 Å². The first-order valence-electron chi connectivity index (χ1n) is 8.40. The third kappa shape index (κ3) is 2.50. The van der Waals surface area contributed by atoms with Crippen molar-refractivity contribution >= 4 is 51.8 Å². The minimum absolute atomic E-state index is 0.168. The van der Waals surface area contributed by atoms with Crippen LogP contribution in [-0.2, 0) is 0 Å². The molecular weight excluding hydrogens is 498 g/mol. The fourth-order valence-corrected chi connectivity index (χ4v) is 7.93. The summed E-state index contributed by atoms with van der Waals surface area (Å²) in [4.78, 5) is 4.29. The summed E-state index contributed by atoms with van der Waals surface area (Å²) >= 11 is 1.58. The molecule has 0 aliphatic carbocycles. The maximum atomic E-state index is 5.90. The van der Waals surface area contributed by atoms with E-state index >= 15 is 0 Å². The summed E-state index contributed by atoms with van der Waals surface area (Å²) in [7, 11) is 0. The van der Waals surface area contributed by atoms with Crippen molar-refractivity contribution < 1.29 is 18.9 Å². The second-order valence-electron chi connectivity index (χ2n) is 6.03. The van der Waals surface area contributed by atoms with Crippen LogP contribution in [0.2, 0.25) is 0 Å². The summed E-state index contributed by atoms with van der Waals surface area (Å²) in [5.41, 5.74) is 4.05. The quantitative estimate of drug-likeness (QED) is 0.387. The Hall–Kier alpha value is -1.76. The predicted molar refractivity (Wildman–Crippen MR) is 104 cm³/mol. The van der Waals surface area contributed by atoms with Crippen molar-refractivity contribution in [2.45, 2.75) is 0 Å². The summed E-state index contributed by atoms with van der Waals surface area (Å²) in [6.45, 7) is 2.41. The molecule has 4 aromatic rings. The predicted octanol–water partition coefficient (Wildman–Crippen LogP) is 2.68. The van der Waals surface area contributed by atoms with Crippen LogP contribution < -0.4 is 18.9 Å². The van der Waals surface area contributed by atoms with E-state index in [9.17, 15) is 0 Å². The van der Waals surface area contributed by atoms with E-state index in [1.54, 1.807) is 0 Å². The first kappa shape index (κ1) is 16.2. The molecule has 136 valence electrons. The molecule has 0 N–H and O–H groups in total. The molecule has 0 atom stereocenters. The van der Waals surface area contributed by atoms with E-state index < -0.39 is 0 Å². The van der Waals surface area contributed by atoms with Crippen LogP contribution in [0.1, 0.15) is 0 Å². The van der Waals surface area contributed by atoms with Crippen LogP contribution in [0.15, 0.2) is 22.0 Å². The Morgan fingerprint density at radius 3 is 1.70 bits per heavy atom. The van der Waals surface area contributed by atoms with Crippen molar-refractivity contribution in [2.75, 3.05) is 26.4 Å². The van der Waals surface area contributed by atoms with Gasteiger partial charge in [-0.3, -0.25) is 0 Å². The van der Waals surface area contributed by atoms with Gasteiger partial charge >= 0.3 is 171 Å². The van der Waals surface area contributed by atoms with Gasteiger partial charge in [-0.05, 0) is 0 Å². The second-order valence-corrected chi connectivity index (χ2v) is 10.3. The number of hydrogen-bond donors (Lipinski definition) is 0. The molecule has 0 fully saturated rings. The van der Waals surface area contributed by atoms with Crippen molar-refractivity contribution in [3.8, 4) is 43.0 Å². The van der Waals surface area contributed by atoms with Gasteiger partial charge in [0.2, 0.25) is 0 Å². The minimum atomic E-state index is 0.168. The van der Waals surface area contributed by atoms with E-state index in [4.69, 9.17) is 18.9 Å². The molecule has 0 spiro atoms. The van der Waals surface area contributed by atoms with Gasteiger partial charge in [-0.25, -0.2) is 0 Å². The van der Waals surface area contributed by atoms with Gasteiger partial charge in [0, 0.05) is 0 Å². The Balaban J connectivity index is 1.53. The zero-order chi connectivity index (χ0) is 17.8. The van der Waals surface area contributed by atoms with Crippen LogP contribution in [0.5, 0.6) is 23.0 Å². The molecule has 6 rings (SSSR count). The molecule has 1 aromatic carbocycles. The molecule has 2 aliphatic heterocycles. The van der Waals surface area contributed by atoms with Crippen molar-refractivity contribution in [2.24, 2.45) is 0 Å². The molecule has 27 heavy (non-hydrogen) atoms.